The molecule has 0 fully saturated rings. The zero-order valence-electron chi connectivity index (χ0n) is 9.74. The lowest BCUT2D eigenvalue weighted by molar-refractivity contribution is 0.164. The molecule has 5 heteroatoms. The first kappa shape index (κ1) is 13.3. The third kappa shape index (κ3) is 3.97. The first-order chi connectivity index (χ1) is 8.04. The summed E-state index contributed by atoms with van der Waals surface area (Å²) in [5.74, 6) is 0.445. The van der Waals surface area contributed by atoms with Crippen molar-refractivity contribution in [2.45, 2.75) is 13.3 Å². The van der Waals surface area contributed by atoms with E-state index in [0.717, 1.165) is 5.56 Å². The Kier molecular flexibility index (Phi) is 4.80. The predicted molar refractivity (Wildman–Crippen MR) is 65.1 cm³/mol. The van der Waals surface area contributed by atoms with Gasteiger partial charge in [0, 0.05) is 18.6 Å². The maximum atomic E-state index is 11.6. The van der Waals surface area contributed by atoms with Gasteiger partial charge in [0.2, 0.25) is 0 Å². The molecule has 0 aliphatic heterocycles. The summed E-state index contributed by atoms with van der Waals surface area (Å²) >= 11 is 5.86. The van der Waals surface area contributed by atoms with Gasteiger partial charge in [0.05, 0.1) is 12.5 Å². The van der Waals surface area contributed by atoms with Gasteiger partial charge in [0.1, 0.15) is 5.75 Å². The van der Waals surface area contributed by atoms with Crippen molar-refractivity contribution in [1.82, 2.24) is 4.90 Å². The van der Waals surface area contributed by atoms with Crippen LogP contribution in [-0.2, 0) is 0 Å². The topological polar surface area (TPSA) is 53.3 Å². The highest BCUT2D eigenvalue weighted by atomic mass is 35.5. The van der Waals surface area contributed by atoms with E-state index in [1.165, 1.54) is 4.90 Å². The molecule has 1 rings (SSSR count). The normalized spacial score (nSPS) is 9.53. The number of hydrogen-bond acceptors (Lipinski definition) is 3. The molecule has 1 aromatic carbocycles. The number of hydrogen-bond donors (Lipinski definition) is 0. The van der Waals surface area contributed by atoms with Crippen LogP contribution in [-0.4, -0.2) is 24.6 Å². The number of aryl methyl sites for hydroxylation is 1. The van der Waals surface area contributed by atoms with Crippen molar-refractivity contribution in [3.63, 3.8) is 0 Å². The number of nitriles is 1. The minimum absolute atomic E-state index is 0.283. The fourth-order valence-electron chi connectivity index (χ4n) is 1.17. The van der Waals surface area contributed by atoms with Crippen LogP contribution in [0.2, 0.25) is 5.02 Å². The number of amides is 1. The van der Waals surface area contributed by atoms with Crippen molar-refractivity contribution in [3.05, 3.63) is 28.8 Å². The van der Waals surface area contributed by atoms with Gasteiger partial charge in [-0.3, -0.25) is 0 Å². The molecule has 4 nitrogen and oxygen atoms in total. The lowest BCUT2D eigenvalue weighted by atomic mass is 10.2. The second-order valence-electron chi connectivity index (χ2n) is 3.61. The highest BCUT2D eigenvalue weighted by Crippen LogP contribution is 2.21. The van der Waals surface area contributed by atoms with Crippen molar-refractivity contribution in [2.75, 3.05) is 13.6 Å². The van der Waals surface area contributed by atoms with Gasteiger partial charge < -0.3 is 9.64 Å². The van der Waals surface area contributed by atoms with Crippen LogP contribution in [0.1, 0.15) is 12.0 Å². The lowest BCUT2D eigenvalue weighted by Gasteiger charge is -2.15. The summed E-state index contributed by atoms with van der Waals surface area (Å²) in [4.78, 5) is 12.9. The number of halogens is 1. The molecule has 0 heterocycles. The molecule has 0 aliphatic rings. The van der Waals surface area contributed by atoms with E-state index in [4.69, 9.17) is 21.6 Å². The summed E-state index contributed by atoms with van der Waals surface area (Å²) in [6.45, 7) is 2.18. The first-order valence-corrected chi connectivity index (χ1v) is 5.48. The summed E-state index contributed by atoms with van der Waals surface area (Å²) in [7, 11) is 1.59. The maximum Gasteiger partial charge on any atom is 0.414 e. The van der Waals surface area contributed by atoms with E-state index in [1.807, 2.05) is 13.0 Å². The van der Waals surface area contributed by atoms with Crippen LogP contribution in [0.4, 0.5) is 4.79 Å². The fraction of sp³-hybridized carbons (Fsp3) is 0.333. The molecule has 0 spiro atoms. The summed E-state index contributed by atoms with van der Waals surface area (Å²) in [6, 6.07) is 6.97. The Morgan fingerprint density at radius 1 is 1.59 bits per heavy atom. The molecule has 90 valence electrons. The molecule has 0 saturated heterocycles. The Labute approximate surface area is 105 Å². The van der Waals surface area contributed by atoms with Crippen LogP contribution in [0.25, 0.3) is 0 Å². The van der Waals surface area contributed by atoms with E-state index in [0.29, 0.717) is 17.3 Å². The smallest absolute Gasteiger partial charge is 0.410 e. The van der Waals surface area contributed by atoms with Crippen LogP contribution in [0.3, 0.4) is 0 Å². The van der Waals surface area contributed by atoms with Crippen molar-refractivity contribution in [1.29, 1.82) is 5.26 Å². The molecule has 0 radical (unpaired) electrons. The van der Waals surface area contributed by atoms with Crippen molar-refractivity contribution >= 4 is 17.7 Å². The van der Waals surface area contributed by atoms with Crippen LogP contribution >= 0.6 is 11.6 Å². The zero-order valence-corrected chi connectivity index (χ0v) is 10.5. The van der Waals surface area contributed by atoms with Gasteiger partial charge in [-0.05, 0) is 30.7 Å². The number of carbonyl (C=O) groups is 1. The standard InChI is InChI=1S/C12H13ClN2O2/c1-9-8-10(4-5-11(9)13)17-12(16)15(2)7-3-6-14/h4-5,8H,3,7H2,1-2H3. The maximum absolute atomic E-state index is 11.6. The van der Waals surface area contributed by atoms with Crippen LogP contribution in [0.5, 0.6) is 5.75 Å². The van der Waals surface area contributed by atoms with E-state index >= 15 is 0 Å². The van der Waals surface area contributed by atoms with E-state index in [2.05, 4.69) is 0 Å². The van der Waals surface area contributed by atoms with Gasteiger partial charge >= 0.3 is 6.09 Å². The Hall–Kier alpha value is -1.73. The highest BCUT2D eigenvalue weighted by molar-refractivity contribution is 6.31. The number of rotatable bonds is 3. The largest absolute Gasteiger partial charge is 0.414 e. The zero-order chi connectivity index (χ0) is 12.8. The second-order valence-corrected chi connectivity index (χ2v) is 4.02. The van der Waals surface area contributed by atoms with Gasteiger partial charge in [-0.15, -0.1) is 0 Å². The van der Waals surface area contributed by atoms with Gasteiger partial charge in [-0.1, -0.05) is 11.6 Å². The molecule has 17 heavy (non-hydrogen) atoms. The Balaban J connectivity index is 2.62. The molecule has 0 aliphatic carbocycles. The van der Waals surface area contributed by atoms with Gasteiger partial charge in [0.25, 0.3) is 0 Å². The van der Waals surface area contributed by atoms with Crippen molar-refractivity contribution < 1.29 is 9.53 Å². The van der Waals surface area contributed by atoms with Gasteiger partial charge in [-0.2, -0.15) is 5.26 Å². The average molecular weight is 253 g/mol. The van der Waals surface area contributed by atoms with Crippen LogP contribution < -0.4 is 4.74 Å². The third-order valence-electron chi connectivity index (χ3n) is 2.21. The van der Waals surface area contributed by atoms with Crippen molar-refractivity contribution in [3.8, 4) is 11.8 Å². The molecule has 0 N–H and O–H groups in total. The summed E-state index contributed by atoms with van der Waals surface area (Å²) in [5.41, 5.74) is 0.844. The molecule has 0 atom stereocenters. The monoisotopic (exact) mass is 252 g/mol. The van der Waals surface area contributed by atoms with E-state index in [1.54, 1.807) is 25.2 Å². The van der Waals surface area contributed by atoms with Crippen LogP contribution in [0.15, 0.2) is 18.2 Å². The molecule has 1 amide bonds. The third-order valence-corrected chi connectivity index (χ3v) is 2.63. The van der Waals surface area contributed by atoms with E-state index in [9.17, 15) is 4.79 Å². The Bertz CT molecular complexity index is 454. The molecule has 0 aromatic heterocycles. The van der Waals surface area contributed by atoms with E-state index in [-0.39, 0.29) is 6.42 Å². The number of nitrogens with zero attached hydrogens (tertiary/aromatic N) is 2. The molecular weight excluding hydrogens is 240 g/mol. The average Bonchev–Trinajstić information content (AvgIpc) is 2.30. The second kappa shape index (κ2) is 6.12. The molecular formula is C12H13ClN2O2. The molecule has 1 aromatic rings. The summed E-state index contributed by atoms with van der Waals surface area (Å²) < 4.78 is 5.13. The van der Waals surface area contributed by atoms with Gasteiger partial charge in [0.15, 0.2) is 0 Å². The number of benzene rings is 1. The van der Waals surface area contributed by atoms with Crippen molar-refractivity contribution in [2.24, 2.45) is 0 Å². The highest BCUT2D eigenvalue weighted by Gasteiger charge is 2.11. The van der Waals surface area contributed by atoms with Gasteiger partial charge in [-0.25, -0.2) is 4.79 Å². The number of ether oxygens (including phenoxy) is 1. The van der Waals surface area contributed by atoms with Crippen LogP contribution in [0, 0.1) is 18.3 Å². The minimum Gasteiger partial charge on any atom is -0.410 e. The Morgan fingerprint density at radius 2 is 2.29 bits per heavy atom. The minimum atomic E-state index is -0.484. The Morgan fingerprint density at radius 3 is 2.88 bits per heavy atom. The first-order valence-electron chi connectivity index (χ1n) is 5.10. The number of carbonyl (C=O) groups excluding carboxylic acids is 1. The molecule has 0 bridgehead atoms. The fourth-order valence-corrected chi connectivity index (χ4v) is 1.29. The molecule has 0 unspecified atom stereocenters. The summed E-state index contributed by atoms with van der Waals surface area (Å²) in [6.07, 6.45) is -0.201. The summed E-state index contributed by atoms with van der Waals surface area (Å²) in [5, 5.41) is 9.04. The SMILES string of the molecule is Cc1cc(OC(=O)N(C)CCC#N)ccc1Cl. The van der Waals surface area contributed by atoms with E-state index < -0.39 is 6.09 Å². The lowest BCUT2D eigenvalue weighted by Crippen LogP contribution is -2.30. The predicted octanol–water partition coefficient (Wildman–Crippen LogP) is 2.99. The molecule has 0 saturated carbocycles. The quantitative estimate of drug-likeness (QED) is 0.831.